The van der Waals surface area contributed by atoms with E-state index in [9.17, 15) is 0 Å². The van der Waals surface area contributed by atoms with Gasteiger partial charge < -0.3 is 10.1 Å². The Labute approximate surface area is 127 Å². The first-order valence-electron chi connectivity index (χ1n) is 7.43. The van der Waals surface area contributed by atoms with Crippen LogP contribution in [0.2, 0.25) is 0 Å². The molecule has 1 aromatic heterocycles. The van der Waals surface area contributed by atoms with Crippen molar-refractivity contribution < 1.29 is 4.74 Å². The molecule has 0 amide bonds. The predicted molar refractivity (Wildman–Crippen MR) is 86.7 cm³/mol. The molecule has 21 heavy (non-hydrogen) atoms. The average Bonchev–Trinajstić information content (AvgIpc) is 2.46. The summed E-state index contributed by atoms with van der Waals surface area (Å²) in [4.78, 5) is 4.37. The van der Waals surface area contributed by atoms with Crippen LogP contribution < -0.4 is 10.1 Å². The highest BCUT2D eigenvalue weighted by Gasteiger charge is 2.08. The molecule has 0 radical (unpaired) electrons. The maximum atomic E-state index is 5.79. The zero-order valence-corrected chi connectivity index (χ0v) is 13.3. The molecule has 0 aliphatic rings. The zero-order chi connectivity index (χ0) is 15.3. The van der Waals surface area contributed by atoms with Gasteiger partial charge in [0, 0.05) is 24.3 Å². The molecule has 0 aliphatic heterocycles. The van der Waals surface area contributed by atoms with Crippen LogP contribution in [0.5, 0.6) is 11.6 Å². The number of nitrogens with one attached hydrogen (secondary N) is 1. The maximum Gasteiger partial charge on any atom is 0.219 e. The molecular formula is C18H24N2O. The van der Waals surface area contributed by atoms with E-state index in [1.165, 1.54) is 5.56 Å². The van der Waals surface area contributed by atoms with Crippen molar-refractivity contribution in [3.8, 4) is 11.6 Å². The molecule has 0 bridgehead atoms. The molecule has 1 heterocycles. The minimum Gasteiger partial charge on any atom is -0.439 e. The van der Waals surface area contributed by atoms with E-state index in [1.54, 1.807) is 0 Å². The molecule has 0 spiro atoms. The van der Waals surface area contributed by atoms with E-state index in [-0.39, 0.29) is 5.54 Å². The van der Waals surface area contributed by atoms with Gasteiger partial charge in [-0.15, -0.1) is 0 Å². The lowest BCUT2D eigenvalue weighted by atomic mass is 10.1. The largest absolute Gasteiger partial charge is 0.439 e. The highest BCUT2D eigenvalue weighted by molar-refractivity contribution is 5.32. The Hall–Kier alpha value is -1.87. The second kappa shape index (κ2) is 6.72. The summed E-state index contributed by atoms with van der Waals surface area (Å²) in [5, 5.41) is 3.44. The van der Waals surface area contributed by atoms with Gasteiger partial charge in [0.15, 0.2) is 0 Å². The molecule has 0 saturated carbocycles. The van der Waals surface area contributed by atoms with Crippen LogP contribution in [0.25, 0.3) is 0 Å². The lowest BCUT2D eigenvalue weighted by Gasteiger charge is -2.20. The fourth-order valence-electron chi connectivity index (χ4n) is 1.89. The van der Waals surface area contributed by atoms with E-state index in [2.05, 4.69) is 50.1 Å². The van der Waals surface area contributed by atoms with Crippen molar-refractivity contribution in [3.63, 3.8) is 0 Å². The molecule has 3 heteroatoms. The van der Waals surface area contributed by atoms with Crippen molar-refractivity contribution in [1.29, 1.82) is 0 Å². The van der Waals surface area contributed by atoms with Crippen molar-refractivity contribution in [3.05, 3.63) is 53.7 Å². The van der Waals surface area contributed by atoms with Gasteiger partial charge in [0.25, 0.3) is 0 Å². The van der Waals surface area contributed by atoms with Crippen molar-refractivity contribution in [1.82, 2.24) is 10.3 Å². The SMILES string of the molecule is CCc1cccc(Oc2ccc(CNC(C)(C)C)cn2)c1. The Kier molecular flexibility index (Phi) is 4.97. The Balaban J connectivity index is 1.98. The van der Waals surface area contributed by atoms with Gasteiger partial charge >= 0.3 is 0 Å². The Bertz CT molecular complexity index is 571. The summed E-state index contributed by atoms with van der Waals surface area (Å²) >= 11 is 0. The lowest BCUT2D eigenvalue weighted by molar-refractivity contribution is 0.423. The van der Waals surface area contributed by atoms with Crippen LogP contribution in [0.3, 0.4) is 0 Å². The number of aromatic nitrogens is 1. The van der Waals surface area contributed by atoms with Gasteiger partial charge in [-0.3, -0.25) is 0 Å². The first-order chi connectivity index (χ1) is 9.96. The first-order valence-corrected chi connectivity index (χ1v) is 7.43. The molecule has 2 aromatic rings. The number of rotatable bonds is 5. The second-order valence-corrected chi connectivity index (χ2v) is 6.21. The molecule has 2 rings (SSSR count). The van der Waals surface area contributed by atoms with Crippen LogP contribution in [0, 0.1) is 0 Å². The summed E-state index contributed by atoms with van der Waals surface area (Å²) in [6.07, 6.45) is 2.86. The fraction of sp³-hybridized carbons (Fsp3) is 0.389. The second-order valence-electron chi connectivity index (χ2n) is 6.21. The monoisotopic (exact) mass is 284 g/mol. The molecule has 0 atom stereocenters. The Morgan fingerprint density at radius 1 is 1.10 bits per heavy atom. The van der Waals surface area contributed by atoms with Crippen molar-refractivity contribution >= 4 is 0 Å². The van der Waals surface area contributed by atoms with Gasteiger partial charge in [0.2, 0.25) is 5.88 Å². The standard InChI is InChI=1S/C18H24N2O/c1-5-14-7-6-8-16(11-14)21-17-10-9-15(12-19-17)13-20-18(2,3)4/h6-12,20H,5,13H2,1-4H3. The van der Waals surface area contributed by atoms with Crippen molar-refractivity contribution in [2.45, 2.75) is 46.2 Å². The van der Waals surface area contributed by atoms with Crippen LogP contribution in [0.15, 0.2) is 42.6 Å². The minimum atomic E-state index is 0.107. The van der Waals surface area contributed by atoms with Crippen molar-refractivity contribution in [2.75, 3.05) is 0 Å². The summed E-state index contributed by atoms with van der Waals surface area (Å²) in [6.45, 7) is 9.40. The van der Waals surface area contributed by atoms with E-state index in [0.717, 1.165) is 24.3 Å². The average molecular weight is 284 g/mol. The van der Waals surface area contributed by atoms with Gasteiger partial charge in [0.05, 0.1) is 0 Å². The van der Waals surface area contributed by atoms with Gasteiger partial charge in [-0.1, -0.05) is 25.1 Å². The van der Waals surface area contributed by atoms with E-state index in [1.807, 2.05) is 30.5 Å². The van der Waals surface area contributed by atoms with Crippen LogP contribution in [-0.2, 0) is 13.0 Å². The molecule has 0 fully saturated rings. The van der Waals surface area contributed by atoms with E-state index >= 15 is 0 Å². The third-order valence-corrected chi connectivity index (χ3v) is 3.15. The van der Waals surface area contributed by atoms with Gasteiger partial charge in [-0.2, -0.15) is 0 Å². The highest BCUT2D eigenvalue weighted by Crippen LogP contribution is 2.20. The van der Waals surface area contributed by atoms with Crippen LogP contribution in [-0.4, -0.2) is 10.5 Å². The lowest BCUT2D eigenvalue weighted by Crippen LogP contribution is -2.35. The van der Waals surface area contributed by atoms with Gasteiger partial charge in [-0.05, 0) is 50.5 Å². The topological polar surface area (TPSA) is 34.1 Å². The third kappa shape index (κ3) is 5.20. The molecule has 0 saturated heterocycles. The molecule has 1 aromatic carbocycles. The molecule has 3 nitrogen and oxygen atoms in total. The normalized spacial score (nSPS) is 11.4. The molecule has 0 unspecified atom stereocenters. The number of benzene rings is 1. The molecule has 112 valence electrons. The van der Waals surface area contributed by atoms with Gasteiger partial charge in [-0.25, -0.2) is 4.98 Å². The number of nitrogens with zero attached hydrogens (tertiary/aromatic N) is 1. The number of hydrogen-bond donors (Lipinski definition) is 1. The quantitative estimate of drug-likeness (QED) is 0.887. The van der Waals surface area contributed by atoms with E-state index in [4.69, 9.17) is 4.74 Å². The third-order valence-electron chi connectivity index (χ3n) is 3.15. The van der Waals surface area contributed by atoms with Crippen LogP contribution in [0.1, 0.15) is 38.8 Å². The number of hydrogen-bond acceptors (Lipinski definition) is 3. The van der Waals surface area contributed by atoms with Crippen molar-refractivity contribution in [2.24, 2.45) is 0 Å². The smallest absolute Gasteiger partial charge is 0.219 e. The molecule has 1 N–H and O–H groups in total. The van der Waals surface area contributed by atoms with E-state index in [0.29, 0.717) is 5.88 Å². The Morgan fingerprint density at radius 3 is 2.52 bits per heavy atom. The zero-order valence-electron chi connectivity index (χ0n) is 13.3. The number of aryl methyl sites for hydroxylation is 1. The molecule has 0 aliphatic carbocycles. The summed E-state index contributed by atoms with van der Waals surface area (Å²) in [5.74, 6) is 1.46. The van der Waals surface area contributed by atoms with E-state index < -0.39 is 0 Å². The summed E-state index contributed by atoms with van der Waals surface area (Å²) < 4.78 is 5.79. The fourth-order valence-corrected chi connectivity index (χ4v) is 1.89. The van der Waals surface area contributed by atoms with Crippen LogP contribution >= 0.6 is 0 Å². The van der Waals surface area contributed by atoms with Gasteiger partial charge in [0.1, 0.15) is 5.75 Å². The first kappa shape index (κ1) is 15.5. The number of ether oxygens (including phenoxy) is 1. The summed E-state index contributed by atoms with van der Waals surface area (Å²) in [6, 6.07) is 12.1. The molecular weight excluding hydrogens is 260 g/mol. The summed E-state index contributed by atoms with van der Waals surface area (Å²) in [7, 11) is 0. The summed E-state index contributed by atoms with van der Waals surface area (Å²) in [5.41, 5.74) is 2.52. The Morgan fingerprint density at radius 2 is 1.90 bits per heavy atom. The number of pyridine rings is 1. The minimum absolute atomic E-state index is 0.107. The maximum absolute atomic E-state index is 5.79. The van der Waals surface area contributed by atoms with Crippen LogP contribution in [0.4, 0.5) is 0 Å². The highest BCUT2D eigenvalue weighted by atomic mass is 16.5. The predicted octanol–water partition coefficient (Wildman–Crippen LogP) is 4.32.